The number of halogens is 3. The summed E-state index contributed by atoms with van der Waals surface area (Å²) in [5.74, 6) is 1.69. The number of nitrogens with zero attached hydrogens (tertiary/aromatic N) is 3. The van der Waals surface area contributed by atoms with Gasteiger partial charge < -0.3 is 9.64 Å². The lowest BCUT2D eigenvalue weighted by Gasteiger charge is -2.29. The number of thioether (sulfide) groups is 1. The second kappa shape index (κ2) is 11.7. The van der Waals surface area contributed by atoms with Crippen LogP contribution in [0.4, 0.5) is 13.2 Å². The maximum absolute atomic E-state index is 12.9. The molecule has 186 valence electrons. The van der Waals surface area contributed by atoms with Crippen LogP contribution in [0, 0.1) is 5.92 Å². The monoisotopic (exact) mass is 495 g/mol. The Kier molecular flexibility index (Phi) is 8.71. The zero-order valence-electron chi connectivity index (χ0n) is 19.4. The summed E-state index contributed by atoms with van der Waals surface area (Å²) in [5, 5.41) is 0.747. The van der Waals surface area contributed by atoms with Gasteiger partial charge in [-0.25, -0.2) is 0 Å². The Balaban J connectivity index is 1.14. The summed E-state index contributed by atoms with van der Waals surface area (Å²) in [6, 6.07) is 5.58. The molecule has 2 aliphatic heterocycles. The molecule has 0 radical (unpaired) electrons. The molecule has 2 saturated heterocycles. The minimum Gasteiger partial charge on any atom is -0.379 e. The fourth-order valence-corrected chi connectivity index (χ4v) is 5.73. The van der Waals surface area contributed by atoms with Crippen LogP contribution in [-0.2, 0) is 15.7 Å². The third-order valence-electron chi connectivity index (χ3n) is 6.58. The van der Waals surface area contributed by atoms with E-state index in [1.165, 1.54) is 6.07 Å². The molecule has 34 heavy (non-hydrogen) atoms. The van der Waals surface area contributed by atoms with Gasteiger partial charge in [-0.15, -0.1) is 11.8 Å². The van der Waals surface area contributed by atoms with E-state index in [-0.39, 0.29) is 5.91 Å². The van der Waals surface area contributed by atoms with Crippen LogP contribution in [0.15, 0.2) is 35.4 Å². The van der Waals surface area contributed by atoms with Crippen molar-refractivity contribution in [3.8, 4) is 0 Å². The zero-order chi connectivity index (χ0) is 24.0. The minimum atomic E-state index is -4.37. The molecular weight excluding hydrogens is 463 g/mol. The number of benzene rings is 1. The maximum Gasteiger partial charge on any atom is 0.416 e. The van der Waals surface area contributed by atoms with Crippen molar-refractivity contribution in [1.29, 1.82) is 0 Å². The van der Waals surface area contributed by atoms with E-state index < -0.39 is 11.7 Å². The van der Waals surface area contributed by atoms with Crippen molar-refractivity contribution in [2.45, 2.75) is 43.2 Å². The van der Waals surface area contributed by atoms with Gasteiger partial charge in [0.05, 0.1) is 24.3 Å². The molecule has 1 amide bonds. The SMILES string of the molecule is O=C(CCCCCSc1ccnc2cc(C(F)(F)F)ccc12)N1CCC(CN2CCOCC2)C1. The minimum absolute atomic E-state index is 0.262. The Morgan fingerprint density at radius 3 is 2.74 bits per heavy atom. The normalized spacial score (nSPS) is 19.7. The highest BCUT2D eigenvalue weighted by Crippen LogP contribution is 2.34. The quantitative estimate of drug-likeness (QED) is 0.358. The van der Waals surface area contributed by atoms with E-state index in [9.17, 15) is 18.0 Å². The van der Waals surface area contributed by atoms with Crippen molar-refractivity contribution in [1.82, 2.24) is 14.8 Å². The highest BCUT2D eigenvalue weighted by molar-refractivity contribution is 7.99. The van der Waals surface area contributed by atoms with E-state index in [0.717, 1.165) is 99.8 Å². The highest BCUT2D eigenvalue weighted by atomic mass is 32.2. The fraction of sp³-hybridized carbons (Fsp3) is 0.600. The van der Waals surface area contributed by atoms with Crippen molar-refractivity contribution in [2.24, 2.45) is 5.92 Å². The largest absolute Gasteiger partial charge is 0.416 e. The highest BCUT2D eigenvalue weighted by Gasteiger charge is 2.31. The van der Waals surface area contributed by atoms with Gasteiger partial charge in [-0.05, 0) is 49.1 Å². The number of pyridine rings is 1. The van der Waals surface area contributed by atoms with E-state index in [0.29, 0.717) is 17.9 Å². The first-order valence-electron chi connectivity index (χ1n) is 12.1. The maximum atomic E-state index is 12.9. The molecule has 0 N–H and O–H groups in total. The van der Waals surface area contributed by atoms with Crippen LogP contribution in [0.25, 0.3) is 10.9 Å². The summed E-state index contributed by atoms with van der Waals surface area (Å²) in [6.45, 7) is 6.41. The third-order valence-corrected chi connectivity index (χ3v) is 7.74. The number of hydrogen-bond donors (Lipinski definition) is 0. The summed E-state index contributed by atoms with van der Waals surface area (Å²) < 4.78 is 44.2. The number of likely N-dealkylation sites (tertiary alicyclic amines) is 1. The van der Waals surface area contributed by atoms with Crippen molar-refractivity contribution in [3.05, 3.63) is 36.0 Å². The molecule has 1 aromatic carbocycles. The molecule has 0 saturated carbocycles. The molecule has 0 aliphatic carbocycles. The molecule has 9 heteroatoms. The van der Waals surface area contributed by atoms with Crippen LogP contribution in [0.3, 0.4) is 0 Å². The van der Waals surface area contributed by atoms with Crippen molar-refractivity contribution < 1.29 is 22.7 Å². The summed E-state index contributed by atoms with van der Waals surface area (Å²) >= 11 is 1.63. The second-order valence-corrected chi connectivity index (χ2v) is 10.2. The van der Waals surface area contributed by atoms with Crippen LogP contribution < -0.4 is 0 Å². The van der Waals surface area contributed by atoms with Crippen molar-refractivity contribution >= 4 is 28.6 Å². The smallest absolute Gasteiger partial charge is 0.379 e. The Labute approximate surface area is 203 Å². The van der Waals surface area contributed by atoms with E-state index in [1.807, 2.05) is 11.0 Å². The molecule has 0 spiro atoms. The first kappa shape index (κ1) is 25.3. The molecule has 3 heterocycles. The number of carbonyl (C=O) groups is 1. The third kappa shape index (κ3) is 6.86. The first-order valence-corrected chi connectivity index (χ1v) is 13.1. The number of unbranched alkanes of at least 4 members (excludes halogenated alkanes) is 2. The van der Waals surface area contributed by atoms with Gasteiger partial charge in [-0.2, -0.15) is 13.2 Å². The van der Waals surface area contributed by atoms with E-state index >= 15 is 0 Å². The summed E-state index contributed by atoms with van der Waals surface area (Å²) in [6.07, 6.45) is 1.67. The lowest BCUT2D eigenvalue weighted by Crippen LogP contribution is -2.40. The molecule has 4 rings (SSSR count). The molecule has 5 nitrogen and oxygen atoms in total. The van der Waals surface area contributed by atoms with Gasteiger partial charge in [-0.1, -0.05) is 12.5 Å². The fourth-order valence-electron chi connectivity index (χ4n) is 4.68. The van der Waals surface area contributed by atoms with Crippen molar-refractivity contribution in [3.63, 3.8) is 0 Å². The Hall–Kier alpha value is -1.84. The number of morpholine rings is 1. The van der Waals surface area contributed by atoms with Crippen LogP contribution in [0.5, 0.6) is 0 Å². The van der Waals surface area contributed by atoms with Gasteiger partial charge in [0.25, 0.3) is 0 Å². The van der Waals surface area contributed by atoms with E-state index in [2.05, 4.69) is 9.88 Å². The molecule has 1 aromatic heterocycles. The molecule has 2 aliphatic rings. The van der Waals surface area contributed by atoms with E-state index in [1.54, 1.807) is 18.0 Å². The zero-order valence-corrected chi connectivity index (χ0v) is 20.2. The van der Waals surface area contributed by atoms with Crippen LogP contribution in [0.1, 0.15) is 37.7 Å². The lowest BCUT2D eigenvalue weighted by atomic mass is 10.1. The molecule has 1 atom stereocenters. The lowest BCUT2D eigenvalue weighted by molar-refractivity contribution is -0.137. The summed E-state index contributed by atoms with van der Waals surface area (Å²) in [5.41, 5.74) is -0.312. The number of aromatic nitrogens is 1. The van der Waals surface area contributed by atoms with Gasteiger partial charge in [-0.3, -0.25) is 14.7 Å². The van der Waals surface area contributed by atoms with Crippen LogP contribution in [-0.4, -0.2) is 72.4 Å². The standard InChI is InChI=1S/C25H32F3N3O2S/c26-25(27,28)20-5-6-21-22(16-20)29-9-7-23(21)34-15-3-1-2-4-24(32)31-10-8-19(18-31)17-30-11-13-33-14-12-30/h5-7,9,16,19H,1-4,8,10-15,17-18H2. The Morgan fingerprint density at radius 2 is 1.94 bits per heavy atom. The topological polar surface area (TPSA) is 45.7 Å². The number of fused-ring (bicyclic) bond motifs is 1. The van der Waals surface area contributed by atoms with Gasteiger partial charge in [0.2, 0.25) is 5.91 Å². The number of ether oxygens (including phenoxy) is 1. The Bertz CT molecular complexity index is 966. The molecule has 2 aromatic rings. The summed E-state index contributed by atoms with van der Waals surface area (Å²) in [7, 11) is 0. The van der Waals surface area contributed by atoms with Gasteiger partial charge in [0.1, 0.15) is 0 Å². The first-order chi connectivity index (χ1) is 16.4. The second-order valence-electron chi connectivity index (χ2n) is 9.11. The van der Waals surface area contributed by atoms with E-state index in [4.69, 9.17) is 4.74 Å². The van der Waals surface area contributed by atoms with Gasteiger partial charge in [0.15, 0.2) is 0 Å². The predicted molar refractivity (Wildman–Crippen MR) is 128 cm³/mol. The average Bonchev–Trinajstić information content (AvgIpc) is 3.29. The number of alkyl halides is 3. The van der Waals surface area contributed by atoms with Crippen LogP contribution in [0.2, 0.25) is 0 Å². The number of rotatable bonds is 9. The molecule has 2 fully saturated rings. The van der Waals surface area contributed by atoms with Gasteiger partial charge in [0, 0.05) is 55.6 Å². The molecule has 1 unspecified atom stereocenters. The summed E-state index contributed by atoms with van der Waals surface area (Å²) in [4.78, 5) is 22.1. The number of carbonyl (C=O) groups excluding carboxylic acids is 1. The Morgan fingerprint density at radius 1 is 1.12 bits per heavy atom. The van der Waals surface area contributed by atoms with Crippen LogP contribution >= 0.6 is 11.8 Å². The van der Waals surface area contributed by atoms with Crippen molar-refractivity contribution in [2.75, 3.05) is 51.7 Å². The average molecular weight is 496 g/mol. The van der Waals surface area contributed by atoms with Gasteiger partial charge >= 0.3 is 6.18 Å². The number of hydrogen-bond acceptors (Lipinski definition) is 5. The molecule has 0 bridgehead atoms. The number of amides is 1. The predicted octanol–water partition coefficient (Wildman–Crippen LogP) is 5.09. The molecular formula is C25H32F3N3O2S.